The van der Waals surface area contributed by atoms with Crippen LogP contribution in [-0.2, 0) is 0 Å². The van der Waals surface area contributed by atoms with Gasteiger partial charge in [-0.05, 0) is 49.4 Å². The van der Waals surface area contributed by atoms with Crippen LogP contribution < -0.4 is 10.6 Å². The summed E-state index contributed by atoms with van der Waals surface area (Å²) in [6.07, 6.45) is 8.34. The smallest absolute Gasteiger partial charge is 0.138 e. The normalized spacial score (nSPS) is 22.2. The Hall–Kier alpha value is -3.26. The maximum absolute atomic E-state index is 6.50. The third-order valence-electron chi connectivity index (χ3n) is 7.63. The van der Waals surface area contributed by atoms with E-state index in [-0.39, 0.29) is 6.17 Å². The largest absolute Gasteiger partial charge is 0.350 e. The number of aliphatic imine (C=N–C) groups is 1. The Balaban J connectivity index is 1.37. The zero-order valence-electron chi connectivity index (χ0n) is 20.1. The number of amidine groups is 1. The third-order valence-corrected chi connectivity index (χ3v) is 7.96. The number of hydrogen-bond donors (Lipinski definition) is 3. The molecule has 7 rings (SSSR count). The van der Waals surface area contributed by atoms with E-state index < -0.39 is 0 Å². The monoisotopic (exact) mass is 497 g/mol. The summed E-state index contributed by atoms with van der Waals surface area (Å²) in [6, 6.07) is 12.4. The number of H-pyrrole nitrogens is 1. The van der Waals surface area contributed by atoms with Crippen molar-refractivity contribution in [1.29, 1.82) is 0 Å². The van der Waals surface area contributed by atoms with E-state index in [2.05, 4.69) is 49.7 Å². The van der Waals surface area contributed by atoms with E-state index in [1.54, 1.807) is 0 Å². The highest BCUT2D eigenvalue weighted by Crippen LogP contribution is 2.47. The fourth-order valence-corrected chi connectivity index (χ4v) is 5.86. The van der Waals surface area contributed by atoms with E-state index in [0.29, 0.717) is 17.0 Å². The molecule has 1 saturated carbocycles. The first-order valence-corrected chi connectivity index (χ1v) is 13.1. The molecule has 0 radical (unpaired) electrons. The van der Waals surface area contributed by atoms with Gasteiger partial charge in [0, 0.05) is 70.9 Å². The van der Waals surface area contributed by atoms with Gasteiger partial charge in [-0.3, -0.25) is 9.88 Å². The summed E-state index contributed by atoms with van der Waals surface area (Å²) in [7, 11) is 0. The predicted octanol–water partition coefficient (Wildman–Crippen LogP) is 5.13. The molecule has 2 atom stereocenters. The number of benzene rings is 1. The molecular weight excluding hydrogens is 470 g/mol. The quantitative estimate of drug-likeness (QED) is 0.364. The van der Waals surface area contributed by atoms with Crippen molar-refractivity contribution >= 4 is 34.2 Å². The summed E-state index contributed by atoms with van der Waals surface area (Å²) in [5, 5.41) is 9.11. The fourth-order valence-electron chi connectivity index (χ4n) is 5.62. The Labute approximate surface area is 215 Å². The van der Waals surface area contributed by atoms with E-state index in [1.165, 1.54) is 24.0 Å². The number of nitrogens with one attached hydrogen (secondary N) is 3. The Bertz CT molecular complexity index is 1490. The molecule has 3 N–H and O–H groups in total. The lowest BCUT2D eigenvalue weighted by molar-refractivity contribution is 0.106. The molecule has 0 spiro atoms. The fraction of sp³-hybridized carbons (Fsp3) is 0.321. The highest BCUT2D eigenvalue weighted by atomic mass is 35.5. The van der Waals surface area contributed by atoms with Crippen molar-refractivity contribution in [2.24, 2.45) is 4.99 Å². The number of pyridine rings is 2. The highest BCUT2D eigenvalue weighted by molar-refractivity contribution is 6.33. The zero-order valence-corrected chi connectivity index (χ0v) is 20.9. The Morgan fingerprint density at radius 1 is 1.08 bits per heavy atom. The summed E-state index contributed by atoms with van der Waals surface area (Å²) < 4.78 is 0. The second-order valence-corrected chi connectivity index (χ2v) is 10.4. The number of hydrogen-bond acceptors (Lipinski definition) is 6. The number of halogens is 1. The molecule has 2 aliphatic heterocycles. The molecule has 0 amide bonds. The van der Waals surface area contributed by atoms with Crippen LogP contribution in [0.25, 0.3) is 22.3 Å². The van der Waals surface area contributed by atoms with Gasteiger partial charge in [-0.25, -0.2) is 9.98 Å². The van der Waals surface area contributed by atoms with Crippen LogP contribution in [0, 0.1) is 0 Å². The van der Waals surface area contributed by atoms with Crippen molar-refractivity contribution < 1.29 is 0 Å². The minimum absolute atomic E-state index is 0.0494. The lowest BCUT2D eigenvalue weighted by Crippen LogP contribution is -2.55. The number of nitrogens with zero attached hydrogens (tertiary/aromatic N) is 4. The van der Waals surface area contributed by atoms with Gasteiger partial charge in [-0.2, -0.15) is 0 Å². The summed E-state index contributed by atoms with van der Waals surface area (Å²) in [5.74, 6) is 1.45. The average Bonchev–Trinajstić information content (AvgIpc) is 3.66. The standard InChI is InChI=1S/C28H28ClN7/c1-16-13-30-10-11-36(16)28-25-21(17-6-7-17)14-31-15-24(25)34-27(35-28)18-8-9-32-26-20(18)12-23(33-26)19-4-2-3-5-22(19)29/h2-5,8-9,12,14-17,28,30H,6-7,10-11,13H2,1H3,(H,32,33)(H,34,35)/t16-,28?/m0/s1. The first-order chi connectivity index (χ1) is 17.7. The first kappa shape index (κ1) is 22.0. The van der Waals surface area contributed by atoms with Crippen LogP contribution in [0.15, 0.2) is 60.0 Å². The maximum Gasteiger partial charge on any atom is 0.138 e. The van der Waals surface area contributed by atoms with Gasteiger partial charge in [0.2, 0.25) is 0 Å². The van der Waals surface area contributed by atoms with Gasteiger partial charge in [0.1, 0.15) is 17.6 Å². The molecule has 4 aromatic rings. The Morgan fingerprint density at radius 3 is 2.81 bits per heavy atom. The summed E-state index contributed by atoms with van der Waals surface area (Å²) in [4.78, 5) is 20.4. The molecule has 7 nitrogen and oxygen atoms in total. The van der Waals surface area contributed by atoms with E-state index >= 15 is 0 Å². The lowest BCUT2D eigenvalue weighted by Gasteiger charge is -2.43. The number of fused-ring (bicyclic) bond motifs is 2. The molecular formula is C28H28ClN7. The van der Waals surface area contributed by atoms with Crippen LogP contribution in [0.3, 0.4) is 0 Å². The molecule has 3 aliphatic rings. The van der Waals surface area contributed by atoms with Gasteiger partial charge in [-0.15, -0.1) is 0 Å². The summed E-state index contributed by atoms with van der Waals surface area (Å²) >= 11 is 6.50. The molecule has 5 heterocycles. The molecule has 1 saturated heterocycles. The Kier molecular flexibility index (Phi) is 5.31. The van der Waals surface area contributed by atoms with Gasteiger partial charge >= 0.3 is 0 Å². The molecule has 182 valence electrons. The van der Waals surface area contributed by atoms with Crippen molar-refractivity contribution in [3.05, 3.63) is 76.7 Å². The van der Waals surface area contributed by atoms with E-state index in [1.807, 2.05) is 42.7 Å². The summed E-state index contributed by atoms with van der Waals surface area (Å²) in [5.41, 5.74) is 7.34. The topological polar surface area (TPSA) is 81.2 Å². The minimum atomic E-state index is 0.0494. The van der Waals surface area contributed by atoms with Crippen molar-refractivity contribution in [3.8, 4) is 11.3 Å². The molecule has 1 unspecified atom stereocenters. The van der Waals surface area contributed by atoms with Crippen LogP contribution in [0.5, 0.6) is 0 Å². The van der Waals surface area contributed by atoms with Crippen LogP contribution in [-0.4, -0.2) is 51.4 Å². The molecule has 0 bridgehead atoms. The van der Waals surface area contributed by atoms with Crippen LogP contribution in [0.2, 0.25) is 5.02 Å². The van der Waals surface area contributed by atoms with Crippen molar-refractivity contribution in [3.63, 3.8) is 0 Å². The van der Waals surface area contributed by atoms with E-state index in [0.717, 1.165) is 59.0 Å². The zero-order chi connectivity index (χ0) is 24.2. The van der Waals surface area contributed by atoms with Crippen molar-refractivity contribution in [2.75, 3.05) is 19.6 Å². The van der Waals surface area contributed by atoms with Crippen LogP contribution in [0.4, 0.5) is 5.69 Å². The predicted molar refractivity (Wildman–Crippen MR) is 144 cm³/mol. The van der Waals surface area contributed by atoms with Crippen molar-refractivity contribution in [2.45, 2.75) is 37.9 Å². The number of piperazine rings is 1. The van der Waals surface area contributed by atoms with Gasteiger partial charge in [0.15, 0.2) is 0 Å². The SMILES string of the molecule is C[C@H]1CNCCN1C1NC(c2ccnc3[nH]c(-c4ccccc4Cl)cc23)=Nc2cncc(C3CC3)c21. The van der Waals surface area contributed by atoms with Gasteiger partial charge < -0.3 is 15.6 Å². The van der Waals surface area contributed by atoms with E-state index in [9.17, 15) is 0 Å². The van der Waals surface area contributed by atoms with Gasteiger partial charge in [0.25, 0.3) is 0 Å². The molecule has 1 aromatic carbocycles. The molecule has 36 heavy (non-hydrogen) atoms. The van der Waals surface area contributed by atoms with Gasteiger partial charge in [0.05, 0.1) is 11.9 Å². The van der Waals surface area contributed by atoms with Crippen LogP contribution in [0.1, 0.15) is 48.5 Å². The number of aromatic nitrogens is 3. The lowest BCUT2D eigenvalue weighted by atomic mass is 9.97. The highest BCUT2D eigenvalue weighted by Gasteiger charge is 2.37. The molecule has 1 aliphatic carbocycles. The average molecular weight is 498 g/mol. The van der Waals surface area contributed by atoms with E-state index in [4.69, 9.17) is 16.6 Å². The second kappa shape index (κ2) is 8.69. The summed E-state index contributed by atoms with van der Waals surface area (Å²) in [6.45, 7) is 5.23. The second-order valence-electron chi connectivity index (χ2n) is 10.0. The van der Waals surface area contributed by atoms with Gasteiger partial charge in [-0.1, -0.05) is 29.8 Å². The minimum Gasteiger partial charge on any atom is -0.350 e. The maximum atomic E-state index is 6.50. The first-order valence-electron chi connectivity index (χ1n) is 12.7. The molecule has 2 fully saturated rings. The number of rotatable bonds is 4. The molecule has 8 heteroatoms. The van der Waals surface area contributed by atoms with Crippen molar-refractivity contribution in [1.82, 2.24) is 30.5 Å². The molecule has 3 aromatic heterocycles. The third kappa shape index (κ3) is 3.70. The number of aromatic amines is 1. The van der Waals surface area contributed by atoms with Crippen LogP contribution >= 0.6 is 11.6 Å². The Morgan fingerprint density at radius 2 is 1.97 bits per heavy atom.